The molecular weight excluding hydrogens is 192 g/mol. The second-order valence-corrected chi connectivity index (χ2v) is 3.02. The quantitative estimate of drug-likeness (QED) is 0.736. The predicted molar refractivity (Wildman–Crippen MR) is 49.6 cm³/mol. The molecule has 0 spiro atoms. The van der Waals surface area contributed by atoms with E-state index >= 15 is 0 Å². The molecule has 0 aliphatic heterocycles. The third kappa shape index (κ3) is 1.58. The number of hydrogen-bond acceptors (Lipinski definition) is 2. The van der Waals surface area contributed by atoms with Gasteiger partial charge >= 0.3 is 5.97 Å². The molecule has 0 atom stereocenters. The second kappa shape index (κ2) is 3.22. The Labute approximate surface area is 80.4 Å². The topological polar surface area (TPSA) is 55.1 Å². The molecule has 1 aromatic heterocycles. The van der Waals surface area contributed by atoms with Crippen LogP contribution in [0.4, 0.5) is 0 Å². The Bertz CT molecular complexity index is 382. The molecule has 70 valence electrons. The van der Waals surface area contributed by atoms with Gasteiger partial charge in [0.15, 0.2) is 0 Å². The summed E-state index contributed by atoms with van der Waals surface area (Å²) in [6, 6.07) is 0. The van der Waals surface area contributed by atoms with Gasteiger partial charge in [-0.25, -0.2) is 4.79 Å². The largest absolute Gasteiger partial charge is 0.478 e. The number of carboxylic acid groups (broad SMARTS) is 1. The van der Waals surface area contributed by atoms with Gasteiger partial charge < -0.3 is 5.11 Å². The van der Waals surface area contributed by atoms with Gasteiger partial charge in [-0.05, 0) is 6.92 Å². The lowest BCUT2D eigenvalue weighted by atomic mass is 10.1. The summed E-state index contributed by atoms with van der Waals surface area (Å²) in [5.74, 6) is -1.09. The Balaban J connectivity index is 3.29. The normalized spacial score (nSPS) is 10.1. The van der Waals surface area contributed by atoms with Gasteiger partial charge in [0.05, 0.1) is 11.3 Å². The number of aromatic nitrogens is 2. The number of nitrogens with zero attached hydrogens (tertiary/aromatic N) is 2. The Morgan fingerprint density at radius 3 is 2.54 bits per heavy atom. The number of halogens is 1. The van der Waals surface area contributed by atoms with Gasteiger partial charge in [-0.15, -0.1) is 0 Å². The van der Waals surface area contributed by atoms with E-state index in [0.29, 0.717) is 16.4 Å². The molecule has 0 saturated heterocycles. The van der Waals surface area contributed by atoms with E-state index < -0.39 is 5.97 Å². The summed E-state index contributed by atoms with van der Waals surface area (Å²) >= 11 is 5.83. The summed E-state index contributed by atoms with van der Waals surface area (Å²) in [6.45, 7) is 5.11. The van der Waals surface area contributed by atoms with Crippen molar-refractivity contribution >= 4 is 23.1 Å². The van der Waals surface area contributed by atoms with Crippen LogP contribution in [0.5, 0.6) is 0 Å². The summed E-state index contributed by atoms with van der Waals surface area (Å²) in [6.07, 6.45) is 0. The van der Waals surface area contributed by atoms with Gasteiger partial charge in [0, 0.05) is 12.6 Å². The SMILES string of the molecule is C=C(C(=O)O)c1c(C)nn(C)c1Cl. The lowest BCUT2D eigenvalue weighted by Gasteiger charge is -1.98. The molecule has 4 nitrogen and oxygen atoms in total. The molecule has 0 aliphatic rings. The molecule has 0 saturated carbocycles. The summed E-state index contributed by atoms with van der Waals surface area (Å²) in [4.78, 5) is 10.6. The van der Waals surface area contributed by atoms with Crippen molar-refractivity contribution in [3.8, 4) is 0 Å². The van der Waals surface area contributed by atoms with Crippen molar-refractivity contribution in [1.82, 2.24) is 9.78 Å². The van der Waals surface area contributed by atoms with Gasteiger partial charge in [-0.3, -0.25) is 4.68 Å². The third-order valence-corrected chi connectivity index (χ3v) is 2.15. The van der Waals surface area contributed by atoms with Gasteiger partial charge in [0.2, 0.25) is 0 Å². The zero-order valence-corrected chi connectivity index (χ0v) is 8.09. The maximum absolute atomic E-state index is 10.6. The van der Waals surface area contributed by atoms with E-state index in [2.05, 4.69) is 11.7 Å². The van der Waals surface area contributed by atoms with Crippen molar-refractivity contribution in [2.24, 2.45) is 7.05 Å². The smallest absolute Gasteiger partial charge is 0.335 e. The van der Waals surface area contributed by atoms with E-state index in [0.717, 1.165) is 0 Å². The van der Waals surface area contributed by atoms with Crippen LogP contribution in [-0.4, -0.2) is 20.9 Å². The van der Waals surface area contributed by atoms with Crippen molar-refractivity contribution in [1.29, 1.82) is 0 Å². The standard InChI is InChI=1S/C8H9ClN2O2/c1-4(8(12)13)6-5(2)10-11(3)7(6)9/h1H2,2-3H3,(H,12,13). The van der Waals surface area contributed by atoms with E-state index in [4.69, 9.17) is 16.7 Å². The van der Waals surface area contributed by atoms with Gasteiger partial charge in [-0.2, -0.15) is 5.10 Å². The van der Waals surface area contributed by atoms with Crippen LogP contribution in [0.3, 0.4) is 0 Å². The van der Waals surface area contributed by atoms with Crippen LogP contribution >= 0.6 is 11.6 Å². The van der Waals surface area contributed by atoms with Crippen LogP contribution in [0, 0.1) is 6.92 Å². The van der Waals surface area contributed by atoms with Crippen molar-refractivity contribution in [3.63, 3.8) is 0 Å². The fourth-order valence-electron chi connectivity index (χ4n) is 1.08. The Morgan fingerprint density at radius 2 is 2.23 bits per heavy atom. The molecule has 0 fully saturated rings. The molecule has 0 amide bonds. The molecule has 1 rings (SSSR count). The van der Waals surface area contributed by atoms with Gasteiger partial charge in [0.25, 0.3) is 0 Å². The number of aliphatic carboxylic acids is 1. The Kier molecular flexibility index (Phi) is 2.43. The average molecular weight is 201 g/mol. The van der Waals surface area contributed by atoms with E-state index in [-0.39, 0.29) is 5.57 Å². The zero-order valence-electron chi connectivity index (χ0n) is 7.33. The fraction of sp³-hybridized carbons (Fsp3) is 0.250. The van der Waals surface area contributed by atoms with Crippen molar-refractivity contribution in [2.45, 2.75) is 6.92 Å². The number of hydrogen-bond donors (Lipinski definition) is 1. The lowest BCUT2D eigenvalue weighted by Crippen LogP contribution is -1.99. The Morgan fingerprint density at radius 1 is 1.69 bits per heavy atom. The molecular formula is C8H9ClN2O2. The third-order valence-electron chi connectivity index (χ3n) is 1.71. The first-order chi connectivity index (χ1) is 5.95. The maximum Gasteiger partial charge on any atom is 0.335 e. The predicted octanol–water partition coefficient (Wildman–Crippen LogP) is 1.48. The van der Waals surface area contributed by atoms with Crippen LogP contribution in [-0.2, 0) is 11.8 Å². The highest BCUT2D eigenvalue weighted by molar-refractivity contribution is 6.33. The minimum absolute atomic E-state index is 0.0319. The highest BCUT2D eigenvalue weighted by Gasteiger charge is 2.18. The molecule has 1 heterocycles. The average Bonchev–Trinajstić information content (AvgIpc) is 2.26. The molecule has 0 radical (unpaired) electrons. The van der Waals surface area contributed by atoms with Crippen LogP contribution in [0.1, 0.15) is 11.3 Å². The first-order valence-electron chi connectivity index (χ1n) is 3.56. The summed E-state index contributed by atoms with van der Waals surface area (Å²) in [5.41, 5.74) is 0.937. The molecule has 0 unspecified atom stereocenters. The van der Waals surface area contributed by atoms with E-state index in [1.54, 1.807) is 14.0 Å². The molecule has 13 heavy (non-hydrogen) atoms. The van der Waals surface area contributed by atoms with Crippen LogP contribution in [0.15, 0.2) is 6.58 Å². The molecule has 1 N–H and O–H groups in total. The van der Waals surface area contributed by atoms with E-state index in [1.807, 2.05) is 0 Å². The van der Waals surface area contributed by atoms with Crippen LogP contribution in [0.2, 0.25) is 5.15 Å². The lowest BCUT2D eigenvalue weighted by molar-refractivity contribution is -0.130. The number of carboxylic acids is 1. The Hall–Kier alpha value is -1.29. The van der Waals surface area contributed by atoms with Crippen molar-refractivity contribution < 1.29 is 9.90 Å². The van der Waals surface area contributed by atoms with Crippen LogP contribution < -0.4 is 0 Å². The van der Waals surface area contributed by atoms with E-state index in [1.165, 1.54) is 4.68 Å². The summed E-state index contributed by atoms with van der Waals surface area (Å²) in [7, 11) is 1.65. The van der Waals surface area contributed by atoms with Crippen molar-refractivity contribution in [2.75, 3.05) is 0 Å². The minimum Gasteiger partial charge on any atom is -0.478 e. The molecule has 0 bridgehead atoms. The highest BCUT2D eigenvalue weighted by atomic mass is 35.5. The van der Waals surface area contributed by atoms with Crippen molar-refractivity contribution in [3.05, 3.63) is 23.0 Å². The van der Waals surface area contributed by atoms with Crippen LogP contribution in [0.25, 0.3) is 5.57 Å². The van der Waals surface area contributed by atoms with Gasteiger partial charge in [-0.1, -0.05) is 18.2 Å². The maximum atomic E-state index is 10.6. The van der Waals surface area contributed by atoms with E-state index in [9.17, 15) is 4.79 Å². The monoisotopic (exact) mass is 200 g/mol. The molecule has 5 heteroatoms. The molecule has 0 aromatic carbocycles. The fourth-order valence-corrected chi connectivity index (χ4v) is 1.37. The minimum atomic E-state index is -1.09. The highest BCUT2D eigenvalue weighted by Crippen LogP contribution is 2.25. The molecule has 1 aromatic rings. The summed E-state index contributed by atoms with van der Waals surface area (Å²) < 4.78 is 1.42. The second-order valence-electron chi connectivity index (χ2n) is 2.66. The first kappa shape index (κ1) is 9.80. The molecule has 0 aliphatic carbocycles. The number of aryl methyl sites for hydroxylation is 2. The number of rotatable bonds is 2. The van der Waals surface area contributed by atoms with Gasteiger partial charge in [0.1, 0.15) is 5.15 Å². The summed E-state index contributed by atoms with van der Waals surface area (Å²) in [5, 5.41) is 13.0. The number of carbonyl (C=O) groups is 1. The zero-order chi connectivity index (χ0) is 10.2. The first-order valence-corrected chi connectivity index (χ1v) is 3.94.